The monoisotopic (exact) mass is 819 g/mol. The molecule has 0 saturated carbocycles. The van der Waals surface area contributed by atoms with E-state index in [0.717, 1.165) is 38.5 Å². The van der Waals surface area contributed by atoms with E-state index in [2.05, 4.69) is 20.6 Å². The van der Waals surface area contributed by atoms with E-state index in [4.69, 9.17) is 0 Å². The van der Waals surface area contributed by atoms with Crippen LogP contribution in [-0.4, -0.2) is 109 Å². The number of aliphatic hydroxyl groups is 1. The largest absolute Gasteiger partial charge is 0.465 e. The number of carbonyl (C=O) groups is 4. The molecule has 4 N–H and O–H groups in total. The van der Waals surface area contributed by atoms with Crippen LogP contribution >= 0.6 is 0 Å². The first kappa shape index (κ1) is 45.3. The number of urea groups is 1. The number of rotatable bonds is 16. The second-order valence-corrected chi connectivity index (χ2v) is 18.0. The van der Waals surface area contributed by atoms with Crippen LogP contribution in [0, 0.1) is 17.8 Å². The molecule has 13 heteroatoms. The minimum absolute atomic E-state index is 0.0472. The molecule has 0 aliphatic carbocycles. The van der Waals surface area contributed by atoms with Crippen molar-refractivity contribution in [3.63, 3.8) is 0 Å². The fourth-order valence-electron chi connectivity index (χ4n) is 8.14. The average molecular weight is 820 g/mol. The van der Waals surface area contributed by atoms with E-state index in [1.165, 1.54) is 7.05 Å². The van der Waals surface area contributed by atoms with Crippen molar-refractivity contribution in [1.82, 2.24) is 35.3 Å². The maximum atomic E-state index is 14.6. The molecule has 5 amide bonds. The summed E-state index contributed by atoms with van der Waals surface area (Å²) in [6.07, 6.45) is 1.65. The molecule has 2 aromatic carbocycles. The van der Waals surface area contributed by atoms with Crippen LogP contribution in [0.5, 0.6) is 0 Å². The minimum atomic E-state index is -1.25. The van der Waals surface area contributed by atoms with Crippen LogP contribution in [0.1, 0.15) is 70.5 Å². The lowest BCUT2D eigenvalue weighted by Gasteiger charge is -2.38. The van der Waals surface area contributed by atoms with Gasteiger partial charge in [-0.2, -0.15) is 0 Å². The van der Waals surface area contributed by atoms with Crippen molar-refractivity contribution in [3.05, 3.63) is 120 Å². The second-order valence-electron chi connectivity index (χ2n) is 18.0. The van der Waals surface area contributed by atoms with E-state index >= 15 is 0 Å². The van der Waals surface area contributed by atoms with Crippen molar-refractivity contribution >= 4 is 23.9 Å². The second kappa shape index (κ2) is 19.5. The molecule has 320 valence electrons. The van der Waals surface area contributed by atoms with Crippen molar-refractivity contribution < 1.29 is 29.4 Å². The van der Waals surface area contributed by atoms with Gasteiger partial charge in [0, 0.05) is 44.3 Å². The Morgan fingerprint density at radius 2 is 1.42 bits per heavy atom. The Bertz CT molecular complexity index is 2070. The number of aliphatic hydroxyl groups excluding tert-OH is 1. The van der Waals surface area contributed by atoms with Gasteiger partial charge in [-0.3, -0.25) is 24.5 Å². The normalized spacial score (nSPS) is 15.8. The van der Waals surface area contributed by atoms with Gasteiger partial charge in [-0.05, 0) is 83.5 Å². The molecule has 4 aromatic rings. The molecule has 0 spiro atoms. The number of nitrogens with zero attached hydrogens (tertiary/aromatic N) is 5. The predicted molar refractivity (Wildman–Crippen MR) is 232 cm³/mol. The molecule has 13 nitrogen and oxygen atoms in total. The van der Waals surface area contributed by atoms with Gasteiger partial charge in [0.05, 0.1) is 24.4 Å². The molecular weight excluding hydrogens is 759 g/mol. The summed E-state index contributed by atoms with van der Waals surface area (Å²) in [5.74, 6) is -0.887. The number of aryl methyl sites for hydroxylation is 1. The number of amides is 5. The van der Waals surface area contributed by atoms with Crippen molar-refractivity contribution in [2.45, 2.75) is 105 Å². The predicted octanol–water partition coefficient (Wildman–Crippen LogP) is 6.33. The van der Waals surface area contributed by atoms with Crippen molar-refractivity contribution in [3.8, 4) is 11.1 Å². The van der Waals surface area contributed by atoms with E-state index in [-0.39, 0.29) is 24.8 Å². The van der Waals surface area contributed by atoms with Crippen LogP contribution in [-0.2, 0) is 29.0 Å². The van der Waals surface area contributed by atoms with Crippen molar-refractivity contribution in [2.75, 3.05) is 20.1 Å². The number of pyridine rings is 2. The summed E-state index contributed by atoms with van der Waals surface area (Å²) in [5.41, 5.74) is 3.94. The third-order valence-electron chi connectivity index (χ3n) is 11.0. The van der Waals surface area contributed by atoms with Crippen LogP contribution in [0.15, 0.2) is 97.3 Å². The number of likely N-dealkylation sites (N-methyl/N-ethyl adjacent to an activating group) is 1. The summed E-state index contributed by atoms with van der Waals surface area (Å²) in [5, 5.41) is 28.4. The van der Waals surface area contributed by atoms with E-state index in [0.29, 0.717) is 26.1 Å². The fraction of sp³-hybridized carbons (Fsp3) is 0.447. The van der Waals surface area contributed by atoms with E-state index in [9.17, 15) is 29.4 Å². The van der Waals surface area contributed by atoms with Crippen molar-refractivity contribution in [1.29, 1.82) is 0 Å². The standard InChI is InChI=1S/C47H61N7O6/c1-31-13-12-16-36(49-31)30-53-25-26-54(44(53)58)41(47(5,6)7)43(57)50-37(27-32-14-10-9-11-15-32)29-39(55)38(51-42(56)40(46(2,3)4)52(8)45(59)60)28-33-17-19-34(20-18-33)35-21-23-48-24-22-35/h9-24,37-41,55H,25-30H2,1-8H3,(H,50,57)(H,51,56)(H,59,60)/t37-,38-,39-,40+,41+/m0/s1. The van der Waals surface area contributed by atoms with E-state index in [1.807, 2.05) is 113 Å². The van der Waals surface area contributed by atoms with Crippen LogP contribution in [0.2, 0.25) is 0 Å². The molecule has 5 atom stereocenters. The summed E-state index contributed by atoms with van der Waals surface area (Å²) >= 11 is 0. The minimum Gasteiger partial charge on any atom is -0.465 e. The van der Waals surface area contributed by atoms with Gasteiger partial charge >= 0.3 is 12.1 Å². The smallest absolute Gasteiger partial charge is 0.407 e. The molecule has 5 rings (SSSR count). The van der Waals surface area contributed by atoms with E-state index in [1.54, 1.807) is 43.0 Å². The Hall–Kier alpha value is -5.82. The van der Waals surface area contributed by atoms with Gasteiger partial charge in [-0.15, -0.1) is 0 Å². The summed E-state index contributed by atoms with van der Waals surface area (Å²) in [6, 6.07) is 23.4. The molecule has 0 bridgehead atoms. The third kappa shape index (κ3) is 11.9. The molecule has 60 heavy (non-hydrogen) atoms. The number of benzene rings is 2. The Morgan fingerprint density at radius 3 is 2.02 bits per heavy atom. The number of nitrogens with one attached hydrogen (secondary N) is 2. The Kier molecular flexibility index (Phi) is 14.7. The SMILES string of the molecule is Cc1cccc(CN2CCN([C@H](C(=O)N[C@@H](Cc3ccccc3)C[C@H](O)[C@H](Cc3ccc(-c4ccncc4)cc3)NC(=O)[C@@H](N(C)C(=O)O)C(C)(C)C)C(C)(C)C)C2=O)n1. The first-order valence-electron chi connectivity index (χ1n) is 20.6. The topological polar surface area (TPSA) is 168 Å². The zero-order chi connectivity index (χ0) is 43.8. The van der Waals surface area contributed by atoms with Crippen LogP contribution in [0.25, 0.3) is 11.1 Å². The van der Waals surface area contributed by atoms with Gasteiger partial charge < -0.3 is 30.6 Å². The summed E-state index contributed by atoms with van der Waals surface area (Å²) < 4.78 is 0. The molecule has 1 aliphatic rings. The maximum absolute atomic E-state index is 14.6. The van der Waals surface area contributed by atoms with Gasteiger partial charge in [-0.25, -0.2) is 9.59 Å². The molecule has 3 heterocycles. The zero-order valence-electron chi connectivity index (χ0n) is 36.1. The van der Waals surface area contributed by atoms with Crippen LogP contribution in [0.4, 0.5) is 9.59 Å². The molecule has 2 aromatic heterocycles. The van der Waals surface area contributed by atoms with Crippen LogP contribution in [0.3, 0.4) is 0 Å². The quantitative estimate of drug-likeness (QED) is 0.102. The van der Waals surface area contributed by atoms with Gasteiger partial charge in [0.2, 0.25) is 11.8 Å². The fourth-order valence-corrected chi connectivity index (χ4v) is 8.14. The highest BCUT2D eigenvalue weighted by molar-refractivity contribution is 5.89. The zero-order valence-corrected chi connectivity index (χ0v) is 36.1. The highest BCUT2D eigenvalue weighted by Crippen LogP contribution is 2.30. The lowest BCUT2D eigenvalue weighted by Crippen LogP contribution is -2.59. The number of aromatic nitrogens is 2. The van der Waals surface area contributed by atoms with Gasteiger partial charge in [0.15, 0.2) is 0 Å². The summed E-state index contributed by atoms with van der Waals surface area (Å²) in [7, 11) is 1.36. The van der Waals surface area contributed by atoms with Crippen molar-refractivity contribution in [2.24, 2.45) is 10.8 Å². The molecule has 0 unspecified atom stereocenters. The summed E-state index contributed by atoms with van der Waals surface area (Å²) in [6.45, 7) is 14.2. The van der Waals surface area contributed by atoms with Gasteiger partial charge in [0.1, 0.15) is 12.1 Å². The number of carboxylic acid groups (broad SMARTS) is 1. The average Bonchev–Trinajstić information content (AvgIpc) is 3.52. The molecule has 1 aliphatic heterocycles. The first-order valence-corrected chi connectivity index (χ1v) is 20.6. The highest BCUT2D eigenvalue weighted by Gasteiger charge is 2.44. The molecule has 1 saturated heterocycles. The summed E-state index contributed by atoms with van der Waals surface area (Å²) in [4.78, 5) is 67.8. The number of hydrogen-bond donors (Lipinski definition) is 4. The maximum Gasteiger partial charge on any atom is 0.407 e. The van der Waals surface area contributed by atoms with E-state index < -0.39 is 53.1 Å². The number of hydrogen-bond acceptors (Lipinski definition) is 7. The first-order chi connectivity index (χ1) is 28.3. The molecule has 0 radical (unpaired) electrons. The Morgan fingerprint density at radius 1 is 0.783 bits per heavy atom. The van der Waals surface area contributed by atoms with Crippen LogP contribution < -0.4 is 10.6 Å². The lowest BCUT2D eigenvalue weighted by molar-refractivity contribution is -0.131. The lowest BCUT2D eigenvalue weighted by atomic mass is 9.84. The Balaban J connectivity index is 1.42. The third-order valence-corrected chi connectivity index (χ3v) is 11.0. The number of carbonyl (C=O) groups excluding carboxylic acids is 3. The van der Waals surface area contributed by atoms with Gasteiger partial charge in [0.25, 0.3) is 0 Å². The Labute approximate surface area is 354 Å². The molecular formula is C47H61N7O6. The molecule has 1 fully saturated rings. The highest BCUT2D eigenvalue weighted by atomic mass is 16.4. The van der Waals surface area contributed by atoms with Gasteiger partial charge in [-0.1, -0.05) is 102 Å².